The lowest BCUT2D eigenvalue weighted by molar-refractivity contribution is 0.0918. The van der Waals surface area contributed by atoms with Crippen molar-refractivity contribution in [3.05, 3.63) is 52.2 Å². The van der Waals surface area contributed by atoms with Gasteiger partial charge in [0, 0.05) is 13.6 Å². The first kappa shape index (κ1) is 16.9. The number of aromatic nitrogens is 2. The summed E-state index contributed by atoms with van der Waals surface area (Å²) in [7, 11) is 1.61. The largest absolute Gasteiger partial charge is 0.435 e. The number of amides is 1. The predicted molar refractivity (Wildman–Crippen MR) is 88.1 cm³/mol. The van der Waals surface area contributed by atoms with Crippen LogP contribution in [-0.4, -0.2) is 22.1 Å². The van der Waals surface area contributed by atoms with Gasteiger partial charge in [-0.2, -0.15) is 0 Å². The van der Waals surface area contributed by atoms with Gasteiger partial charge in [0.1, 0.15) is 6.67 Å². The summed E-state index contributed by atoms with van der Waals surface area (Å²) in [6, 6.07) is 5.19. The van der Waals surface area contributed by atoms with Crippen molar-refractivity contribution in [1.82, 2.24) is 14.9 Å². The Kier molecular flexibility index (Phi) is 4.20. The molecule has 0 saturated carbocycles. The van der Waals surface area contributed by atoms with E-state index in [4.69, 9.17) is 8.83 Å². The maximum Gasteiger partial charge on any atom is 0.419 e. The maximum atomic E-state index is 13.0. The lowest BCUT2D eigenvalue weighted by Crippen LogP contribution is -2.23. The van der Waals surface area contributed by atoms with Crippen molar-refractivity contribution in [3.63, 3.8) is 0 Å². The third-order valence-corrected chi connectivity index (χ3v) is 3.95. The summed E-state index contributed by atoms with van der Waals surface area (Å²) >= 11 is 0. The normalized spacial score (nSPS) is 11.8. The number of carbonyl (C=O) groups excluding carboxylic acids is 1. The van der Waals surface area contributed by atoms with Crippen molar-refractivity contribution < 1.29 is 18.0 Å². The molecule has 3 aromatic rings. The molecule has 1 aromatic carbocycles. The molecule has 132 valence electrons. The first-order valence-electron chi connectivity index (χ1n) is 7.71. The van der Waals surface area contributed by atoms with Crippen molar-refractivity contribution in [2.45, 2.75) is 25.8 Å². The van der Waals surface area contributed by atoms with Gasteiger partial charge < -0.3 is 14.2 Å². The van der Waals surface area contributed by atoms with Crippen LogP contribution >= 0.6 is 0 Å². The van der Waals surface area contributed by atoms with E-state index in [0.717, 1.165) is 5.56 Å². The van der Waals surface area contributed by atoms with Gasteiger partial charge in [0.2, 0.25) is 11.7 Å². The zero-order chi connectivity index (χ0) is 18.2. The van der Waals surface area contributed by atoms with Crippen molar-refractivity contribution in [3.8, 4) is 0 Å². The second-order valence-corrected chi connectivity index (χ2v) is 6.46. The number of benzene rings is 1. The van der Waals surface area contributed by atoms with E-state index in [9.17, 15) is 14.0 Å². The van der Waals surface area contributed by atoms with Crippen molar-refractivity contribution in [1.29, 1.82) is 0 Å². The van der Waals surface area contributed by atoms with Gasteiger partial charge in [0.25, 0.3) is 5.91 Å². The van der Waals surface area contributed by atoms with Crippen LogP contribution in [0.2, 0.25) is 0 Å². The van der Waals surface area contributed by atoms with Crippen LogP contribution in [0.15, 0.2) is 38.0 Å². The lowest BCUT2D eigenvalue weighted by Gasteiger charge is -2.14. The van der Waals surface area contributed by atoms with Crippen LogP contribution < -0.4 is 11.1 Å². The third kappa shape index (κ3) is 3.19. The SMILES string of the molecule is Cn1c(=O)oc2ccc(CNC(=O)c3cnc(C(C)(C)CF)o3)cc21. The molecule has 1 N–H and O–H groups in total. The Hall–Kier alpha value is -2.90. The monoisotopic (exact) mass is 347 g/mol. The number of alkyl halides is 1. The van der Waals surface area contributed by atoms with Gasteiger partial charge >= 0.3 is 5.76 Å². The number of nitrogens with zero attached hydrogens (tertiary/aromatic N) is 2. The second-order valence-electron chi connectivity index (χ2n) is 6.46. The highest BCUT2D eigenvalue weighted by molar-refractivity contribution is 5.91. The quantitative estimate of drug-likeness (QED) is 0.765. The number of fused-ring (bicyclic) bond motifs is 1. The summed E-state index contributed by atoms with van der Waals surface area (Å²) < 4.78 is 24.8. The fourth-order valence-corrected chi connectivity index (χ4v) is 2.30. The van der Waals surface area contributed by atoms with E-state index in [1.807, 2.05) is 0 Å². The second kappa shape index (κ2) is 6.19. The molecule has 1 amide bonds. The fourth-order valence-electron chi connectivity index (χ4n) is 2.30. The zero-order valence-corrected chi connectivity index (χ0v) is 14.1. The molecule has 0 aliphatic heterocycles. The number of hydrogen-bond donors (Lipinski definition) is 1. The maximum absolute atomic E-state index is 13.0. The van der Waals surface area contributed by atoms with Gasteiger partial charge in [-0.1, -0.05) is 6.07 Å². The number of halogens is 1. The molecular weight excluding hydrogens is 329 g/mol. The number of carbonyl (C=O) groups is 1. The molecule has 0 spiro atoms. The molecular formula is C17H18FN3O4. The molecule has 7 nitrogen and oxygen atoms in total. The lowest BCUT2D eigenvalue weighted by atomic mass is 9.96. The molecule has 0 unspecified atom stereocenters. The minimum atomic E-state index is -0.879. The summed E-state index contributed by atoms with van der Waals surface area (Å²) in [5.74, 6) is -0.696. The predicted octanol–water partition coefficient (Wildman–Crippen LogP) is 2.30. The topological polar surface area (TPSA) is 90.3 Å². The fraction of sp³-hybridized carbons (Fsp3) is 0.353. The number of rotatable bonds is 5. The summed E-state index contributed by atoms with van der Waals surface area (Å²) in [6.07, 6.45) is 1.28. The molecule has 0 fully saturated rings. The minimum Gasteiger partial charge on any atom is -0.435 e. The average molecular weight is 347 g/mol. The molecule has 0 aliphatic rings. The van der Waals surface area contributed by atoms with Gasteiger partial charge in [0.15, 0.2) is 5.58 Å². The van der Waals surface area contributed by atoms with Gasteiger partial charge in [-0.15, -0.1) is 0 Å². The molecule has 0 atom stereocenters. The molecule has 8 heteroatoms. The average Bonchev–Trinajstić information content (AvgIpc) is 3.20. The molecule has 2 heterocycles. The number of aryl methyl sites for hydroxylation is 1. The molecule has 0 bridgehead atoms. The Balaban J connectivity index is 1.72. The Bertz CT molecular complexity index is 983. The van der Waals surface area contributed by atoms with E-state index in [2.05, 4.69) is 10.3 Å². The Morgan fingerprint density at radius 2 is 2.12 bits per heavy atom. The van der Waals surface area contributed by atoms with Crippen LogP contribution in [0.5, 0.6) is 0 Å². The summed E-state index contributed by atoms with van der Waals surface area (Å²) in [5.41, 5.74) is 1.04. The van der Waals surface area contributed by atoms with E-state index in [-0.39, 0.29) is 18.2 Å². The van der Waals surface area contributed by atoms with E-state index in [0.29, 0.717) is 11.1 Å². The number of hydrogen-bond acceptors (Lipinski definition) is 5. The van der Waals surface area contributed by atoms with Crippen molar-refractivity contribution in [2.24, 2.45) is 7.05 Å². The van der Waals surface area contributed by atoms with E-state index in [1.165, 1.54) is 10.8 Å². The van der Waals surface area contributed by atoms with Gasteiger partial charge in [-0.05, 0) is 31.5 Å². The zero-order valence-electron chi connectivity index (χ0n) is 14.1. The van der Waals surface area contributed by atoms with Gasteiger partial charge in [-0.3, -0.25) is 9.36 Å². The molecule has 25 heavy (non-hydrogen) atoms. The molecule has 0 aliphatic carbocycles. The highest BCUT2D eigenvalue weighted by Crippen LogP contribution is 2.23. The van der Waals surface area contributed by atoms with Crippen LogP contribution in [-0.2, 0) is 19.0 Å². The highest BCUT2D eigenvalue weighted by Gasteiger charge is 2.27. The number of nitrogens with one attached hydrogen (secondary N) is 1. The van der Waals surface area contributed by atoms with Crippen LogP contribution in [0.1, 0.15) is 35.9 Å². The van der Waals surface area contributed by atoms with E-state index < -0.39 is 23.8 Å². The van der Waals surface area contributed by atoms with Gasteiger partial charge in [-0.25, -0.2) is 14.2 Å². The first-order chi connectivity index (χ1) is 11.8. The summed E-state index contributed by atoms with van der Waals surface area (Å²) in [4.78, 5) is 27.6. The Morgan fingerprint density at radius 3 is 2.84 bits per heavy atom. The van der Waals surface area contributed by atoms with Crippen molar-refractivity contribution in [2.75, 3.05) is 6.67 Å². The third-order valence-electron chi connectivity index (χ3n) is 3.95. The van der Waals surface area contributed by atoms with Crippen LogP contribution in [0.4, 0.5) is 4.39 Å². The first-order valence-corrected chi connectivity index (χ1v) is 7.71. The smallest absolute Gasteiger partial charge is 0.419 e. The minimum absolute atomic E-state index is 0.0216. The van der Waals surface area contributed by atoms with Crippen LogP contribution in [0.25, 0.3) is 11.1 Å². The van der Waals surface area contributed by atoms with Crippen LogP contribution in [0, 0.1) is 0 Å². The molecule has 0 radical (unpaired) electrons. The summed E-state index contributed by atoms with van der Waals surface area (Å²) in [5, 5.41) is 2.70. The summed E-state index contributed by atoms with van der Waals surface area (Å²) in [6.45, 7) is 2.88. The van der Waals surface area contributed by atoms with Crippen LogP contribution in [0.3, 0.4) is 0 Å². The van der Waals surface area contributed by atoms with E-state index >= 15 is 0 Å². The molecule has 3 rings (SSSR count). The number of oxazole rings is 2. The highest BCUT2D eigenvalue weighted by atomic mass is 19.1. The molecule has 2 aromatic heterocycles. The van der Waals surface area contributed by atoms with Gasteiger partial charge in [0.05, 0.1) is 17.1 Å². The molecule has 0 saturated heterocycles. The Morgan fingerprint density at radius 1 is 1.36 bits per heavy atom. The Labute approximate surface area is 142 Å². The van der Waals surface area contributed by atoms with Crippen molar-refractivity contribution >= 4 is 17.0 Å². The van der Waals surface area contributed by atoms with E-state index in [1.54, 1.807) is 39.1 Å². The standard InChI is InChI=1S/C17H18FN3O4/c1-17(2,9-18)15-20-8-13(24-15)14(22)19-7-10-4-5-12-11(6-10)21(3)16(23)25-12/h4-6,8H,7,9H2,1-3H3,(H,19,22).